The van der Waals surface area contributed by atoms with Crippen molar-refractivity contribution >= 4 is 23.4 Å². The second kappa shape index (κ2) is 9.17. The van der Waals surface area contributed by atoms with Crippen LogP contribution in [0.1, 0.15) is 23.6 Å². The first kappa shape index (κ1) is 21.4. The summed E-state index contributed by atoms with van der Waals surface area (Å²) in [4.78, 5) is 4.10. The van der Waals surface area contributed by atoms with Crippen molar-refractivity contribution in [2.75, 3.05) is 0 Å². The zero-order chi connectivity index (χ0) is 22.8. The fourth-order valence-electron chi connectivity index (χ4n) is 3.30. The summed E-state index contributed by atoms with van der Waals surface area (Å²) in [6.07, 6.45) is 3.45. The molecule has 0 amide bonds. The molecule has 33 heavy (non-hydrogen) atoms. The number of nitrogens with zero attached hydrogens (tertiary/aromatic N) is 6. The molecule has 1 atom stereocenters. The van der Waals surface area contributed by atoms with Crippen LogP contribution in [-0.2, 0) is 0 Å². The molecule has 0 fully saturated rings. The zero-order valence-corrected chi connectivity index (χ0v) is 19.5. The Morgan fingerprint density at radius 3 is 2.39 bits per heavy atom. The number of pyridine rings is 1. The lowest BCUT2D eigenvalue weighted by atomic mass is 10.1. The predicted octanol–water partition coefficient (Wildman–Crippen LogP) is 6.19. The summed E-state index contributed by atoms with van der Waals surface area (Å²) in [7, 11) is 0. The summed E-state index contributed by atoms with van der Waals surface area (Å²) in [5, 5.41) is 18.5. The Balaban J connectivity index is 1.49. The van der Waals surface area contributed by atoms with E-state index in [9.17, 15) is 0 Å². The minimum atomic E-state index is -0.160. The van der Waals surface area contributed by atoms with Crippen LogP contribution in [0.3, 0.4) is 0 Å². The number of aryl methyl sites for hydroxylation is 1. The van der Waals surface area contributed by atoms with Crippen molar-refractivity contribution in [1.82, 2.24) is 29.9 Å². The largest absolute Gasteiger partial charge is 0.419 e. The number of aromatic nitrogens is 6. The lowest BCUT2D eigenvalue weighted by Gasteiger charge is -2.13. The normalized spacial score (nSPS) is 12.1. The molecule has 7 nitrogen and oxygen atoms in total. The van der Waals surface area contributed by atoms with E-state index in [1.54, 1.807) is 12.4 Å². The van der Waals surface area contributed by atoms with Gasteiger partial charge in [-0.3, -0.25) is 9.55 Å². The Morgan fingerprint density at radius 1 is 0.879 bits per heavy atom. The molecule has 2 aromatic carbocycles. The standard InChI is InChI=1S/C24H19ClN6OS/c1-15-7-9-18(10-8-15)23-29-28-22(32-23)16(2)33-24-30-27-21(17-11-13-26-14-12-17)31(24)20-6-4-3-5-19(20)25/h3-14,16H,1-2H3. The van der Waals surface area contributed by atoms with Crippen LogP contribution in [0.4, 0.5) is 0 Å². The van der Waals surface area contributed by atoms with Gasteiger partial charge in [0.15, 0.2) is 11.0 Å². The number of halogens is 1. The van der Waals surface area contributed by atoms with Gasteiger partial charge in [-0.2, -0.15) is 0 Å². The highest BCUT2D eigenvalue weighted by molar-refractivity contribution is 7.99. The average molecular weight is 475 g/mol. The van der Waals surface area contributed by atoms with Gasteiger partial charge in [-0.25, -0.2) is 0 Å². The topological polar surface area (TPSA) is 82.5 Å². The van der Waals surface area contributed by atoms with E-state index in [0.717, 1.165) is 16.8 Å². The Kier molecular flexibility index (Phi) is 5.93. The summed E-state index contributed by atoms with van der Waals surface area (Å²) in [5.74, 6) is 1.67. The first-order chi connectivity index (χ1) is 16.1. The van der Waals surface area contributed by atoms with Crippen LogP contribution in [0.5, 0.6) is 0 Å². The van der Waals surface area contributed by atoms with E-state index in [1.807, 2.05) is 79.1 Å². The van der Waals surface area contributed by atoms with Gasteiger partial charge in [0, 0.05) is 23.5 Å². The van der Waals surface area contributed by atoms with Crippen molar-refractivity contribution in [1.29, 1.82) is 0 Å². The zero-order valence-electron chi connectivity index (χ0n) is 17.9. The number of hydrogen-bond acceptors (Lipinski definition) is 7. The maximum Gasteiger partial charge on any atom is 0.247 e. The molecule has 0 aliphatic carbocycles. The van der Waals surface area contributed by atoms with Crippen LogP contribution < -0.4 is 0 Å². The molecule has 0 aliphatic rings. The maximum atomic E-state index is 6.54. The third-order valence-electron chi connectivity index (χ3n) is 5.03. The molecule has 3 aromatic heterocycles. The minimum Gasteiger partial charge on any atom is -0.419 e. The number of para-hydroxylation sites is 1. The van der Waals surface area contributed by atoms with Gasteiger partial charge in [-0.15, -0.1) is 20.4 Å². The lowest BCUT2D eigenvalue weighted by molar-refractivity contribution is 0.509. The summed E-state index contributed by atoms with van der Waals surface area (Å²) in [6, 6.07) is 19.4. The molecule has 164 valence electrons. The Morgan fingerprint density at radius 2 is 1.64 bits per heavy atom. The second-order valence-electron chi connectivity index (χ2n) is 7.40. The highest BCUT2D eigenvalue weighted by atomic mass is 35.5. The van der Waals surface area contributed by atoms with Crippen LogP contribution in [0.15, 0.2) is 82.6 Å². The van der Waals surface area contributed by atoms with Crippen molar-refractivity contribution in [2.45, 2.75) is 24.3 Å². The highest BCUT2D eigenvalue weighted by Gasteiger charge is 2.23. The quantitative estimate of drug-likeness (QED) is 0.271. The molecule has 0 aliphatic heterocycles. The van der Waals surface area contributed by atoms with Gasteiger partial charge in [-0.1, -0.05) is 53.2 Å². The van der Waals surface area contributed by atoms with Crippen LogP contribution in [0, 0.1) is 6.92 Å². The summed E-state index contributed by atoms with van der Waals surface area (Å²) in [5.41, 5.74) is 3.73. The third kappa shape index (κ3) is 4.40. The first-order valence-electron chi connectivity index (χ1n) is 10.3. The summed E-state index contributed by atoms with van der Waals surface area (Å²) < 4.78 is 7.91. The van der Waals surface area contributed by atoms with Gasteiger partial charge in [0.05, 0.1) is 16.0 Å². The number of hydrogen-bond donors (Lipinski definition) is 0. The molecule has 5 aromatic rings. The van der Waals surface area contributed by atoms with E-state index in [0.29, 0.717) is 27.8 Å². The van der Waals surface area contributed by atoms with E-state index in [2.05, 4.69) is 25.4 Å². The Hall–Kier alpha value is -3.49. The SMILES string of the molecule is Cc1ccc(-c2nnc(C(C)Sc3nnc(-c4ccncc4)n3-c3ccccc3Cl)o2)cc1. The molecule has 0 spiro atoms. The van der Waals surface area contributed by atoms with Gasteiger partial charge < -0.3 is 4.42 Å². The molecule has 9 heteroatoms. The monoisotopic (exact) mass is 474 g/mol. The van der Waals surface area contributed by atoms with Crippen molar-refractivity contribution < 1.29 is 4.42 Å². The van der Waals surface area contributed by atoms with Gasteiger partial charge in [0.25, 0.3) is 0 Å². The van der Waals surface area contributed by atoms with Crippen molar-refractivity contribution in [3.05, 3.63) is 89.5 Å². The molecule has 3 heterocycles. The molecule has 0 saturated carbocycles. The van der Waals surface area contributed by atoms with Crippen LogP contribution in [-0.4, -0.2) is 29.9 Å². The van der Waals surface area contributed by atoms with Crippen LogP contribution in [0.25, 0.3) is 28.5 Å². The van der Waals surface area contributed by atoms with E-state index >= 15 is 0 Å². The fraction of sp³-hybridized carbons (Fsp3) is 0.125. The summed E-state index contributed by atoms with van der Waals surface area (Å²) >= 11 is 8.02. The highest BCUT2D eigenvalue weighted by Crippen LogP contribution is 2.38. The molecule has 5 rings (SSSR count). The minimum absolute atomic E-state index is 0.160. The third-order valence-corrected chi connectivity index (χ3v) is 6.38. The molecular formula is C24H19ClN6OS. The number of rotatable bonds is 6. The van der Waals surface area contributed by atoms with E-state index < -0.39 is 0 Å². The van der Waals surface area contributed by atoms with Gasteiger partial charge in [-0.05, 0) is 50.2 Å². The molecule has 0 N–H and O–H groups in total. The van der Waals surface area contributed by atoms with Crippen molar-refractivity contribution in [3.8, 4) is 28.5 Å². The Labute approximate surface area is 199 Å². The van der Waals surface area contributed by atoms with Crippen molar-refractivity contribution in [2.24, 2.45) is 0 Å². The first-order valence-corrected chi connectivity index (χ1v) is 11.5. The van der Waals surface area contributed by atoms with E-state index in [1.165, 1.54) is 17.3 Å². The second-order valence-corrected chi connectivity index (χ2v) is 9.12. The van der Waals surface area contributed by atoms with Crippen LogP contribution in [0.2, 0.25) is 5.02 Å². The fourth-order valence-corrected chi connectivity index (χ4v) is 4.42. The molecule has 1 unspecified atom stereocenters. The average Bonchev–Trinajstić information content (AvgIpc) is 3.48. The van der Waals surface area contributed by atoms with Gasteiger partial charge in [0.1, 0.15) is 0 Å². The van der Waals surface area contributed by atoms with Gasteiger partial charge in [0.2, 0.25) is 11.8 Å². The lowest BCUT2D eigenvalue weighted by Crippen LogP contribution is -2.01. The van der Waals surface area contributed by atoms with Crippen molar-refractivity contribution in [3.63, 3.8) is 0 Å². The van der Waals surface area contributed by atoms with E-state index in [4.69, 9.17) is 16.0 Å². The van der Waals surface area contributed by atoms with Gasteiger partial charge >= 0.3 is 0 Å². The number of thioether (sulfide) groups is 1. The van der Waals surface area contributed by atoms with Crippen LogP contribution >= 0.6 is 23.4 Å². The summed E-state index contributed by atoms with van der Waals surface area (Å²) in [6.45, 7) is 4.03. The smallest absolute Gasteiger partial charge is 0.247 e. The molecule has 0 bridgehead atoms. The molecule has 0 saturated heterocycles. The Bertz CT molecular complexity index is 1380. The predicted molar refractivity (Wildman–Crippen MR) is 128 cm³/mol. The van der Waals surface area contributed by atoms with E-state index in [-0.39, 0.29) is 5.25 Å². The number of benzene rings is 2. The molecule has 0 radical (unpaired) electrons. The molecular weight excluding hydrogens is 456 g/mol. The maximum absolute atomic E-state index is 6.54.